The first-order chi connectivity index (χ1) is 24.2. The summed E-state index contributed by atoms with van der Waals surface area (Å²) in [5.41, 5.74) is -8.03. The van der Waals surface area contributed by atoms with E-state index in [2.05, 4.69) is 0 Å². The zero-order valence-corrected chi connectivity index (χ0v) is 25.4. The molecule has 4 aromatic carbocycles. The second-order valence-corrected chi connectivity index (χ2v) is 11.5. The second kappa shape index (κ2) is 11.3. The average molecular weight is 671 g/mol. The minimum absolute atomic E-state index is 0.0138. The molecule has 0 unspecified atom stereocenters. The molecule has 50 heavy (non-hydrogen) atoms. The van der Waals surface area contributed by atoms with Gasteiger partial charge in [0.15, 0.2) is 0 Å². The van der Waals surface area contributed by atoms with E-state index in [9.17, 15) is 39.6 Å². The average Bonchev–Trinajstić information content (AvgIpc) is 3.10. The Morgan fingerprint density at radius 1 is 0.340 bits per heavy atom. The van der Waals surface area contributed by atoms with Crippen molar-refractivity contribution < 1.29 is 38.1 Å². The van der Waals surface area contributed by atoms with Crippen LogP contribution in [0.2, 0.25) is 0 Å². The molecular weight excluding hydrogens is 648 g/mol. The van der Waals surface area contributed by atoms with Crippen LogP contribution in [0.4, 0.5) is 0 Å². The highest BCUT2D eigenvalue weighted by Crippen LogP contribution is 2.51. The Labute approximate surface area is 277 Å². The fourth-order valence-corrected chi connectivity index (χ4v) is 6.64. The molecule has 0 saturated carbocycles. The van der Waals surface area contributed by atoms with Crippen molar-refractivity contribution in [3.63, 3.8) is 0 Å². The third-order valence-electron chi connectivity index (χ3n) is 8.86. The summed E-state index contributed by atoms with van der Waals surface area (Å²) in [6.07, 6.45) is 0. The van der Waals surface area contributed by atoms with Gasteiger partial charge in [-0.2, -0.15) is 0 Å². The van der Waals surface area contributed by atoms with Gasteiger partial charge in [0.1, 0.15) is 45.3 Å². The van der Waals surface area contributed by atoms with Crippen LogP contribution >= 0.6 is 0 Å². The van der Waals surface area contributed by atoms with Gasteiger partial charge in [-0.3, -0.25) is 0 Å². The maximum Gasteiger partial charge on any atom is 0.343 e. The van der Waals surface area contributed by atoms with Crippen molar-refractivity contribution in [2.75, 3.05) is 0 Å². The number of rotatable bonds is 5. The van der Waals surface area contributed by atoms with Crippen LogP contribution < -0.4 is 22.5 Å². The highest BCUT2D eigenvalue weighted by Gasteiger charge is 2.44. The fraction of sp³-hybridized carbons (Fsp3) is 0.0526. The number of benzene rings is 4. The second-order valence-electron chi connectivity index (χ2n) is 11.5. The molecule has 0 aliphatic heterocycles. The molecule has 0 aliphatic carbocycles. The number of fused-ring (bicyclic) bond motifs is 4. The molecule has 0 spiro atoms. The lowest BCUT2D eigenvalue weighted by Gasteiger charge is -2.28. The Hall–Kier alpha value is -7.08. The summed E-state index contributed by atoms with van der Waals surface area (Å²) in [7, 11) is 0. The lowest BCUT2D eigenvalue weighted by molar-refractivity contribution is 0.403. The summed E-state index contributed by atoms with van der Waals surface area (Å²) in [6, 6.07) is 23.6. The molecule has 4 N–H and O–H groups in total. The van der Waals surface area contributed by atoms with E-state index < -0.39 is 79.6 Å². The minimum Gasteiger partial charge on any atom is -0.507 e. The van der Waals surface area contributed by atoms with Crippen molar-refractivity contribution in [1.82, 2.24) is 0 Å². The largest absolute Gasteiger partial charge is 0.507 e. The monoisotopic (exact) mass is 670 g/mol. The van der Waals surface area contributed by atoms with Crippen LogP contribution in [0.15, 0.2) is 134 Å². The summed E-state index contributed by atoms with van der Waals surface area (Å²) in [5.74, 6) is -7.13. The van der Waals surface area contributed by atoms with E-state index in [1.165, 1.54) is 72.8 Å². The molecule has 0 bridgehead atoms. The molecule has 0 fully saturated rings. The normalized spacial score (nSPS) is 11.8. The lowest BCUT2D eigenvalue weighted by atomic mass is 9.73. The summed E-state index contributed by atoms with van der Waals surface area (Å²) >= 11 is 0. The van der Waals surface area contributed by atoms with E-state index in [4.69, 9.17) is 17.7 Å². The van der Waals surface area contributed by atoms with Crippen LogP contribution in [0.3, 0.4) is 0 Å². The Bertz CT molecular complexity index is 2530. The zero-order valence-electron chi connectivity index (χ0n) is 25.4. The predicted octanol–water partition coefficient (Wildman–Crippen LogP) is 5.90. The van der Waals surface area contributed by atoms with Crippen molar-refractivity contribution >= 4 is 43.9 Å². The minimum atomic E-state index is -2.08. The fourth-order valence-electron chi connectivity index (χ4n) is 6.64. The maximum absolute atomic E-state index is 14.0. The van der Waals surface area contributed by atoms with E-state index in [1.807, 2.05) is 0 Å². The van der Waals surface area contributed by atoms with Gasteiger partial charge in [0, 0.05) is 11.8 Å². The van der Waals surface area contributed by atoms with Gasteiger partial charge >= 0.3 is 22.5 Å². The quantitative estimate of drug-likeness (QED) is 0.158. The summed E-state index contributed by atoms with van der Waals surface area (Å²) < 4.78 is 22.3. The van der Waals surface area contributed by atoms with Gasteiger partial charge in [-0.15, -0.1) is 0 Å². The van der Waals surface area contributed by atoms with Crippen LogP contribution in [-0.2, 0) is 0 Å². The molecule has 0 radical (unpaired) electrons. The van der Waals surface area contributed by atoms with Gasteiger partial charge in [0.2, 0.25) is 0 Å². The smallest absolute Gasteiger partial charge is 0.343 e. The van der Waals surface area contributed by atoms with Crippen LogP contribution in [-0.4, -0.2) is 20.4 Å². The third-order valence-corrected chi connectivity index (χ3v) is 8.86. The van der Waals surface area contributed by atoms with Crippen molar-refractivity contribution in [3.8, 4) is 23.0 Å². The van der Waals surface area contributed by atoms with Gasteiger partial charge in [0.25, 0.3) is 0 Å². The predicted molar refractivity (Wildman–Crippen MR) is 180 cm³/mol. The molecule has 0 amide bonds. The van der Waals surface area contributed by atoms with E-state index in [0.29, 0.717) is 0 Å². The summed E-state index contributed by atoms with van der Waals surface area (Å²) in [4.78, 5) is 56.1. The summed E-state index contributed by atoms with van der Waals surface area (Å²) in [6.45, 7) is 0. The van der Waals surface area contributed by atoms with Crippen LogP contribution in [0.1, 0.15) is 34.1 Å². The highest BCUT2D eigenvalue weighted by atomic mass is 16.4. The Morgan fingerprint density at radius 3 is 0.760 bits per heavy atom. The van der Waals surface area contributed by atoms with Crippen LogP contribution in [0.25, 0.3) is 43.9 Å². The Balaban J connectivity index is 1.62. The standard InChI is InChI=1S/C38H22O12/c39-31-17-9-1-5-13-21(17)47-35(43)27(31)25(28-32(40)18-10-2-6-14-22(18)48-36(28)44)26(29-33(41)19-11-3-7-15-23(19)49-37(29)45)30-34(42)20-12-4-8-16-24(20)50-38(30)46/h1-16,25-26,39-42H. The molecule has 0 aliphatic rings. The van der Waals surface area contributed by atoms with Crippen molar-refractivity contribution in [2.45, 2.75) is 11.8 Å². The van der Waals surface area contributed by atoms with Crippen molar-refractivity contribution in [1.29, 1.82) is 0 Å². The van der Waals surface area contributed by atoms with E-state index in [1.54, 1.807) is 24.3 Å². The topological polar surface area (TPSA) is 202 Å². The first-order valence-electron chi connectivity index (χ1n) is 15.1. The lowest BCUT2D eigenvalue weighted by Crippen LogP contribution is -2.31. The van der Waals surface area contributed by atoms with Crippen molar-refractivity contribution in [2.24, 2.45) is 0 Å². The number of hydrogen-bond acceptors (Lipinski definition) is 12. The highest BCUT2D eigenvalue weighted by molar-refractivity contribution is 5.89. The maximum atomic E-state index is 14.0. The first-order valence-corrected chi connectivity index (χ1v) is 15.1. The molecule has 4 aromatic heterocycles. The molecular formula is C38H22O12. The van der Waals surface area contributed by atoms with E-state index >= 15 is 0 Å². The van der Waals surface area contributed by atoms with E-state index in [0.717, 1.165) is 0 Å². The molecule has 0 saturated heterocycles. The third kappa shape index (κ3) is 4.46. The molecule has 8 rings (SSSR count). The summed E-state index contributed by atoms with van der Waals surface area (Å²) in [5, 5.41) is 47.2. The molecule has 12 heteroatoms. The van der Waals surface area contributed by atoms with Gasteiger partial charge in [0.05, 0.1) is 43.8 Å². The molecule has 4 heterocycles. The van der Waals surface area contributed by atoms with Gasteiger partial charge in [-0.25, -0.2) is 19.2 Å². The molecule has 246 valence electrons. The number of para-hydroxylation sites is 4. The first kappa shape index (κ1) is 30.3. The van der Waals surface area contributed by atoms with E-state index in [-0.39, 0.29) is 43.9 Å². The molecule has 12 nitrogen and oxygen atoms in total. The molecule has 0 atom stereocenters. The molecule has 8 aromatic rings. The van der Waals surface area contributed by atoms with Crippen LogP contribution in [0.5, 0.6) is 23.0 Å². The Kier molecular flexibility index (Phi) is 6.82. The number of aromatic hydroxyl groups is 4. The Morgan fingerprint density at radius 2 is 0.540 bits per heavy atom. The van der Waals surface area contributed by atoms with Gasteiger partial charge in [-0.05, 0) is 48.5 Å². The number of hydrogen-bond donors (Lipinski definition) is 4. The van der Waals surface area contributed by atoms with Gasteiger partial charge in [-0.1, -0.05) is 48.5 Å². The van der Waals surface area contributed by atoms with Gasteiger partial charge < -0.3 is 38.1 Å². The zero-order chi connectivity index (χ0) is 34.8. The van der Waals surface area contributed by atoms with Crippen molar-refractivity contribution in [3.05, 3.63) is 161 Å². The SMILES string of the molecule is O=c1oc2ccccc2c(O)c1C(c1c(O)c2ccccc2oc1=O)C(c1c(O)c2ccccc2oc1=O)c1c(O)c2ccccc2oc1=O. The van der Waals surface area contributed by atoms with Crippen LogP contribution in [0, 0.1) is 0 Å².